The fourth-order valence-corrected chi connectivity index (χ4v) is 4.87. The van der Waals surface area contributed by atoms with Crippen molar-refractivity contribution in [3.8, 4) is 0 Å². The van der Waals surface area contributed by atoms with Gasteiger partial charge in [0.1, 0.15) is 17.5 Å². The van der Waals surface area contributed by atoms with Crippen LogP contribution in [0, 0.1) is 11.6 Å². The van der Waals surface area contributed by atoms with Gasteiger partial charge in [0.2, 0.25) is 0 Å². The normalized spacial score (nSPS) is 11.9. The lowest BCUT2D eigenvalue weighted by atomic mass is 10.0. The van der Waals surface area contributed by atoms with Gasteiger partial charge in [0.05, 0.1) is 10.3 Å². The van der Waals surface area contributed by atoms with Crippen molar-refractivity contribution in [1.82, 2.24) is 9.97 Å². The Morgan fingerprint density at radius 3 is 2.48 bits per heavy atom. The molecule has 0 fully saturated rings. The maximum absolute atomic E-state index is 14.8. The van der Waals surface area contributed by atoms with E-state index >= 15 is 0 Å². The average Bonchev–Trinajstić information content (AvgIpc) is 2.82. The predicted octanol–water partition coefficient (Wildman–Crippen LogP) is 7.60. The highest BCUT2D eigenvalue weighted by atomic mass is 35.5. The topological polar surface area (TPSA) is 37.8 Å². The number of anilines is 1. The van der Waals surface area contributed by atoms with Gasteiger partial charge in [-0.25, -0.2) is 13.8 Å². The molecule has 1 N–H and O–H groups in total. The Morgan fingerprint density at radius 2 is 1.73 bits per heavy atom. The number of benzene rings is 2. The summed E-state index contributed by atoms with van der Waals surface area (Å²) in [4.78, 5) is 9.49. The van der Waals surface area contributed by atoms with E-state index in [1.54, 1.807) is 24.4 Å². The summed E-state index contributed by atoms with van der Waals surface area (Å²) in [6.45, 7) is 0.606. The summed E-state index contributed by atoms with van der Waals surface area (Å²) in [5.74, 6) is -0.448. The molecule has 2 heterocycles. The van der Waals surface area contributed by atoms with Gasteiger partial charge in [-0.05, 0) is 66.2 Å². The van der Waals surface area contributed by atoms with Crippen molar-refractivity contribution in [3.05, 3.63) is 118 Å². The second-order valence-electron chi connectivity index (χ2n) is 7.21. The number of hydrogen-bond donors (Lipinski definition) is 1. The van der Waals surface area contributed by atoms with Crippen molar-refractivity contribution in [2.45, 2.75) is 16.6 Å². The van der Waals surface area contributed by atoms with Crippen molar-refractivity contribution in [2.24, 2.45) is 0 Å². The molecule has 168 valence electrons. The van der Waals surface area contributed by atoms with Crippen molar-refractivity contribution >= 4 is 40.8 Å². The third-order valence-electron chi connectivity index (χ3n) is 4.89. The van der Waals surface area contributed by atoms with Gasteiger partial charge >= 0.3 is 0 Å². The molecule has 0 aliphatic carbocycles. The van der Waals surface area contributed by atoms with E-state index in [9.17, 15) is 8.78 Å². The number of nitrogens with zero attached hydrogens (tertiary/aromatic N) is 2. The smallest absolute Gasteiger partial charge is 0.128 e. The summed E-state index contributed by atoms with van der Waals surface area (Å²) in [7, 11) is 0. The van der Waals surface area contributed by atoms with E-state index < -0.39 is 16.9 Å². The van der Waals surface area contributed by atoms with Crippen LogP contribution in [0.3, 0.4) is 0 Å². The summed E-state index contributed by atoms with van der Waals surface area (Å²) in [5, 5.41) is 3.61. The molecule has 2 aromatic heterocycles. The number of pyridine rings is 2. The summed E-state index contributed by atoms with van der Waals surface area (Å²) in [6, 6.07) is 18.1. The summed E-state index contributed by atoms with van der Waals surface area (Å²) >= 11 is 13.9. The predicted molar refractivity (Wildman–Crippen MR) is 131 cm³/mol. The van der Waals surface area contributed by atoms with Gasteiger partial charge < -0.3 is 5.32 Å². The Morgan fingerprint density at radius 1 is 0.909 bits per heavy atom. The molecule has 3 nitrogen and oxygen atoms in total. The summed E-state index contributed by atoms with van der Waals surface area (Å²) < 4.78 is 28.9. The van der Waals surface area contributed by atoms with Crippen LogP contribution in [0.2, 0.25) is 10.0 Å². The van der Waals surface area contributed by atoms with Crippen LogP contribution in [-0.2, 0) is 6.42 Å². The molecule has 4 rings (SSSR count). The lowest BCUT2D eigenvalue weighted by Gasteiger charge is -2.20. The van der Waals surface area contributed by atoms with E-state index in [1.165, 1.54) is 24.0 Å². The van der Waals surface area contributed by atoms with Crippen molar-refractivity contribution < 1.29 is 8.78 Å². The fraction of sp³-hybridized carbons (Fsp3) is 0.120. The number of hydrogen-bond acceptors (Lipinski definition) is 4. The van der Waals surface area contributed by atoms with Crippen LogP contribution in [0.15, 0.2) is 84.0 Å². The minimum absolute atomic E-state index is 0.197. The molecule has 1 unspecified atom stereocenters. The van der Waals surface area contributed by atoms with Gasteiger partial charge in [-0.2, -0.15) is 0 Å². The van der Waals surface area contributed by atoms with E-state index in [1.807, 2.05) is 30.3 Å². The lowest BCUT2D eigenvalue weighted by Crippen LogP contribution is -2.09. The lowest BCUT2D eigenvalue weighted by molar-refractivity contribution is 0.587. The molecular weight excluding hydrogens is 483 g/mol. The molecule has 0 radical (unpaired) electrons. The summed E-state index contributed by atoms with van der Waals surface area (Å²) in [6.07, 6.45) is 3.98. The standard InChI is InChI=1S/C25H19Cl2F2N3S/c26-16-4-7-19(8-5-16)33-25(21-13-17(28)6-9-23(21)29)20-14-24(32-15-22(20)27)31-12-10-18-3-1-2-11-30-18/h1-9,11,13-15,25H,10,12H2,(H,31,32). The van der Waals surface area contributed by atoms with Crippen molar-refractivity contribution in [3.63, 3.8) is 0 Å². The Balaban J connectivity index is 1.64. The monoisotopic (exact) mass is 501 g/mol. The second kappa shape index (κ2) is 11.0. The molecule has 0 aliphatic heterocycles. The van der Waals surface area contributed by atoms with E-state index in [-0.39, 0.29) is 5.56 Å². The molecule has 0 saturated carbocycles. The van der Waals surface area contributed by atoms with Crippen LogP contribution in [0.4, 0.5) is 14.6 Å². The first kappa shape index (κ1) is 23.5. The van der Waals surface area contributed by atoms with Crippen molar-refractivity contribution in [2.75, 3.05) is 11.9 Å². The average molecular weight is 502 g/mol. The Kier molecular flexibility index (Phi) is 7.81. The van der Waals surface area contributed by atoms with Gasteiger partial charge in [0, 0.05) is 46.5 Å². The van der Waals surface area contributed by atoms with Crippen LogP contribution >= 0.6 is 35.0 Å². The molecule has 0 amide bonds. The van der Waals surface area contributed by atoms with E-state index in [4.69, 9.17) is 23.2 Å². The molecule has 1 atom stereocenters. The molecule has 0 aliphatic rings. The largest absolute Gasteiger partial charge is 0.370 e. The fourth-order valence-electron chi connectivity index (χ4n) is 3.28. The van der Waals surface area contributed by atoms with Crippen LogP contribution in [0.1, 0.15) is 22.1 Å². The van der Waals surface area contributed by atoms with Crippen molar-refractivity contribution in [1.29, 1.82) is 0 Å². The number of halogens is 4. The Hall–Kier alpha value is -2.67. The van der Waals surface area contributed by atoms with Gasteiger partial charge in [-0.3, -0.25) is 4.98 Å². The minimum atomic E-state index is -0.603. The van der Waals surface area contributed by atoms with Gasteiger partial charge in [-0.1, -0.05) is 29.3 Å². The second-order valence-corrected chi connectivity index (χ2v) is 9.23. The first-order chi connectivity index (χ1) is 16.0. The van der Waals surface area contributed by atoms with E-state index in [0.29, 0.717) is 34.4 Å². The number of nitrogens with one attached hydrogen (secondary N) is 1. The first-order valence-electron chi connectivity index (χ1n) is 10.2. The molecular formula is C25H19Cl2F2N3S. The van der Waals surface area contributed by atoms with Gasteiger partial charge in [0.25, 0.3) is 0 Å². The number of rotatable bonds is 8. The third-order valence-corrected chi connectivity index (χ3v) is 6.74. The quantitative estimate of drug-likeness (QED) is 0.252. The molecule has 4 aromatic rings. The Labute approximate surface area is 205 Å². The van der Waals surface area contributed by atoms with Crippen LogP contribution < -0.4 is 5.32 Å². The van der Waals surface area contributed by atoms with Crippen LogP contribution in [0.25, 0.3) is 0 Å². The number of aromatic nitrogens is 2. The van der Waals surface area contributed by atoms with E-state index in [2.05, 4.69) is 15.3 Å². The SMILES string of the molecule is Fc1ccc(F)c(C(Sc2ccc(Cl)cc2)c2cc(NCCc3ccccn3)ncc2Cl)c1. The molecule has 0 saturated heterocycles. The molecule has 8 heteroatoms. The zero-order chi connectivity index (χ0) is 23.2. The third kappa shape index (κ3) is 6.22. The zero-order valence-electron chi connectivity index (χ0n) is 17.3. The number of thioether (sulfide) groups is 1. The minimum Gasteiger partial charge on any atom is -0.370 e. The van der Waals surface area contributed by atoms with Gasteiger partial charge in [0.15, 0.2) is 0 Å². The highest BCUT2D eigenvalue weighted by molar-refractivity contribution is 7.99. The maximum Gasteiger partial charge on any atom is 0.128 e. The highest BCUT2D eigenvalue weighted by Gasteiger charge is 2.23. The molecule has 0 spiro atoms. The van der Waals surface area contributed by atoms with Crippen LogP contribution in [0.5, 0.6) is 0 Å². The highest BCUT2D eigenvalue weighted by Crippen LogP contribution is 2.44. The molecule has 33 heavy (non-hydrogen) atoms. The molecule has 2 aromatic carbocycles. The first-order valence-corrected chi connectivity index (χ1v) is 11.8. The maximum atomic E-state index is 14.8. The van der Waals surface area contributed by atoms with Gasteiger partial charge in [-0.15, -0.1) is 11.8 Å². The summed E-state index contributed by atoms with van der Waals surface area (Å²) in [5.41, 5.74) is 1.77. The van der Waals surface area contributed by atoms with E-state index in [0.717, 1.165) is 22.7 Å². The van der Waals surface area contributed by atoms with Crippen LogP contribution in [-0.4, -0.2) is 16.5 Å². The zero-order valence-corrected chi connectivity index (χ0v) is 19.6. The Bertz CT molecular complexity index is 1220. The molecule has 0 bridgehead atoms.